The molecule has 0 radical (unpaired) electrons. The lowest BCUT2D eigenvalue weighted by molar-refractivity contribution is 0.259. The van der Waals surface area contributed by atoms with Gasteiger partial charge in [-0.3, -0.25) is 0 Å². The second-order valence-corrected chi connectivity index (χ2v) is 4.49. The first-order valence-electron chi connectivity index (χ1n) is 6.23. The van der Waals surface area contributed by atoms with Gasteiger partial charge in [-0.1, -0.05) is 18.2 Å². The van der Waals surface area contributed by atoms with E-state index in [2.05, 4.69) is 10.6 Å². The molecule has 4 nitrogen and oxygen atoms in total. The number of amides is 2. The summed E-state index contributed by atoms with van der Waals surface area (Å²) in [5, 5.41) is 5.75. The maximum atomic E-state index is 13.2. The predicted molar refractivity (Wildman–Crippen MR) is 78.1 cm³/mol. The van der Waals surface area contributed by atoms with Gasteiger partial charge in [0, 0.05) is 17.4 Å². The summed E-state index contributed by atoms with van der Waals surface area (Å²) < 4.78 is 13.2. The molecule has 2 aromatic rings. The van der Waals surface area contributed by atoms with Crippen molar-refractivity contribution in [1.29, 1.82) is 0 Å². The SMILES string of the molecule is CC(Nc1cccc(NC(N)=O)c1)c1cccc(F)c1. The third kappa shape index (κ3) is 3.71. The number of hydrogen-bond donors (Lipinski definition) is 3. The van der Waals surface area contributed by atoms with Crippen molar-refractivity contribution in [2.75, 3.05) is 10.6 Å². The highest BCUT2D eigenvalue weighted by molar-refractivity contribution is 5.88. The first-order valence-corrected chi connectivity index (χ1v) is 6.23. The van der Waals surface area contributed by atoms with Crippen molar-refractivity contribution < 1.29 is 9.18 Å². The van der Waals surface area contributed by atoms with E-state index in [0.29, 0.717) is 5.69 Å². The average molecular weight is 273 g/mol. The van der Waals surface area contributed by atoms with Crippen molar-refractivity contribution in [1.82, 2.24) is 0 Å². The van der Waals surface area contributed by atoms with Crippen molar-refractivity contribution in [2.45, 2.75) is 13.0 Å². The van der Waals surface area contributed by atoms with Crippen LogP contribution in [-0.4, -0.2) is 6.03 Å². The number of primary amides is 1. The molecule has 0 spiro atoms. The van der Waals surface area contributed by atoms with Gasteiger partial charge in [-0.2, -0.15) is 0 Å². The van der Waals surface area contributed by atoms with Crippen LogP contribution in [0.15, 0.2) is 48.5 Å². The maximum Gasteiger partial charge on any atom is 0.316 e. The minimum atomic E-state index is -0.611. The highest BCUT2D eigenvalue weighted by Crippen LogP contribution is 2.22. The summed E-state index contributed by atoms with van der Waals surface area (Å²) in [6, 6.07) is 12.9. The second-order valence-electron chi connectivity index (χ2n) is 4.49. The molecule has 0 aromatic heterocycles. The minimum absolute atomic E-state index is 0.0606. The van der Waals surface area contributed by atoms with Gasteiger partial charge in [-0.15, -0.1) is 0 Å². The molecule has 0 aliphatic rings. The van der Waals surface area contributed by atoms with E-state index in [1.165, 1.54) is 12.1 Å². The summed E-state index contributed by atoms with van der Waals surface area (Å²) in [5.41, 5.74) is 7.34. The quantitative estimate of drug-likeness (QED) is 0.798. The normalized spacial score (nSPS) is 11.7. The van der Waals surface area contributed by atoms with Crippen molar-refractivity contribution in [3.8, 4) is 0 Å². The van der Waals surface area contributed by atoms with E-state index in [-0.39, 0.29) is 11.9 Å². The van der Waals surface area contributed by atoms with E-state index < -0.39 is 6.03 Å². The van der Waals surface area contributed by atoms with Gasteiger partial charge < -0.3 is 16.4 Å². The van der Waals surface area contributed by atoms with Gasteiger partial charge in [-0.25, -0.2) is 9.18 Å². The zero-order valence-corrected chi connectivity index (χ0v) is 11.1. The zero-order chi connectivity index (χ0) is 14.5. The molecule has 0 bridgehead atoms. The van der Waals surface area contributed by atoms with Gasteiger partial charge in [0.2, 0.25) is 0 Å². The molecule has 4 N–H and O–H groups in total. The van der Waals surface area contributed by atoms with Crippen LogP contribution in [0.5, 0.6) is 0 Å². The number of rotatable bonds is 4. The van der Waals surface area contributed by atoms with Crippen LogP contribution < -0.4 is 16.4 Å². The monoisotopic (exact) mass is 273 g/mol. The number of halogens is 1. The van der Waals surface area contributed by atoms with Gasteiger partial charge in [0.25, 0.3) is 0 Å². The molecule has 2 rings (SSSR count). The molecule has 0 heterocycles. The number of nitrogens with two attached hydrogens (primary N) is 1. The Balaban J connectivity index is 2.11. The molecule has 0 saturated heterocycles. The van der Waals surface area contributed by atoms with Gasteiger partial charge in [-0.05, 0) is 42.8 Å². The van der Waals surface area contributed by atoms with Crippen molar-refractivity contribution >= 4 is 17.4 Å². The van der Waals surface area contributed by atoms with Crippen LogP contribution in [-0.2, 0) is 0 Å². The summed E-state index contributed by atoms with van der Waals surface area (Å²) in [6.45, 7) is 1.93. The van der Waals surface area contributed by atoms with Crippen molar-refractivity contribution in [2.24, 2.45) is 5.73 Å². The fourth-order valence-electron chi connectivity index (χ4n) is 1.94. The molecular formula is C15H16FN3O. The topological polar surface area (TPSA) is 67.2 Å². The standard InChI is InChI=1S/C15H16FN3O/c1-10(11-4-2-5-12(16)8-11)18-13-6-3-7-14(9-13)19-15(17)20/h2-10,18H,1H3,(H3,17,19,20). The third-order valence-corrected chi connectivity index (χ3v) is 2.86. The van der Waals surface area contributed by atoms with Gasteiger partial charge in [0.05, 0.1) is 0 Å². The van der Waals surface area contributed by atoms with E-state index in [0.717, 1.165) is 11.3 Å². The highest BCUT2D eigenvalue weighted by Gasteiger charge is 2.06. The molecule has 0 fully saturated rings. The largest absolute Gasteiger partial charge is 0.378 e. The Morgan fingerprint density at radius 1 is 1.15 bits per heavy atom. The van der Waals surface area contributed by atoms with E-state index in [1.54, 1.807) is 24.3 Å². The Labute approximate surface area is 116 Å². The molecule has 104 valence electrons. The van der Waals surface area contributed by atoms with E-state index in [4.69, 9.17) is 5.73 Å². The second kappa shape index (κ2) is 6.06. The number of benzene rings is 2. The van der Waals surface area contributed by atoms with Crippen LogP contribution in [0.4, 0.5) is 20.6 Å². The van der Waals surface area contributed by atoms with Crippen LogP contribution in [0.1, 0.15) is 18.5 Å². The Hall–Kier alpha value is -2.56. The molecule has 1 unspecified atom stereocenters. The molecule has 5 heteroatoms. The molecule has 1 atom stereocenters. The summed E-state index contributed by atoms with van der Waals surface area (Å²) in [5.74, 6) is -0.264. The molecule has 20 heavy (non-hydrogen) atoms. The lowest BCUT2D eigenvalue weighted by atomic mass is 10.1. The molecule has 0 aliphatic carbocycles. The summed E-state index contributed by atoms with van der Waals surface area (Å²) in [4.78, 5) is 10.8. The number of anilines is 2. The van der Waals surface area contributed by atoms with E-state index in [1.807, 2.05) is 19.1 Å². The van der Waals surface area contributed by atoms with Crippen LogP contribution in [0.3, 0.4) is 0 Å². The van der Waals surface area contributed by atoms with Gasteiger partial charge in [0.1, 0.15) is 5.82 Å². The van der Waals surface area contributed by atoms with Crippen LogP contribution >= 0.6 is 0 Å². The minimum Gasteiger partial charge on any atom is -0.378 e. The molecule has 2 amide bonds. The molecule has 0 saturated carbocycles. The Kier molecular flexibility index (Phi) is 4.20. The lowest BCUT2D eigenvalue weighted by Gasteiger charge is -2.16. The number of nitrogens with one attached hydrogen (secondary N) is 2. The molecular weight excluding hydrogens is 257 g/mol. The molecule has 0 aliphatic heterocycles. The third-order valence-electron chi connectivity index (χ3n) is 2.86. The van der Waals surface area contributed by atoms with E-state index in [9.17, 15) is 9.18 Å². The summed E-state index contributed by atoms with van der Waals surface area (Å²) in [7, 11) is 0. The number of urea groups is 1. The zero-order valence-electron chi connectivity index (χ0n) is 11.1. The van der Waals surface area contributed by atoms with Gasteiger partial charge in [0.15, 0.2) is 0 Å². The summed E-state index contributed by atoms with van der Waals surface area (Å²) in [6.07, 6.45) is 0. The van der Waals surface area contributed by atoms with Crippen LogP contribution in [0.2, 0.25) is 0 Å². The maximum absolute atomic E-state index is 13.2. The molecule has 2 aromatic carbocycles. The highest BCUT2D eigenvalue weighted by atomic mass is 19.1. The number of hydrogen-bond acceptors (Lipinski definition) is 2. The first-order chi connectivity index (χ1) is 9.54. The average Bonchev–Trinajstić information content (AvgIpc) is 2.38. The predicted octanol–water partition coefficient (Wildman–Crippen LogP) is 3.49. The lowest BCUT2D eigenvalue weighted by Crippen LogP contribution is -2.19. The van der Waals surface area contributed by atoms with Crippen LogP contribution in [0, 0.1) is 5.82 Å². The summed E-state index contributed by atoms with van der Waals surface area (Å²) >= 11 is 0. The Morgan fingerprint density at radius 2 is 1.85 bits per heavy atom. The van der Waals surface area contributed by atoms with Crippen molar-refractivity contribution in [3.63, 3.8) is 0 Å². The fourth-order valence-corrected chi connectivity index (χ4v) is 1.94. The van der Waals surface area contributed by atoms with E-state index >= 15 is 0 Å². The first kappa shape index (κ1) is 13.9. The number of carbonyl (C=O) groups is 1. The van der Waals surface area contributed by atoms with Crippen molar-refractivity contribution in [3.05, 3.63) is 59.9 Å². The Morgan fingerprint density at radius 3 is 2.55 bits per heavy atom. The van der Waals surface area contributed by atoms with Gasteiger partial charge >= 0.3 is 6.03 Å². The Bertz CT molecular complexity index is 616. The smallest absolute Gasteiger partial charge is 0.316 e. The van der Waals surface area contributed by atoms with Crippen LogP contribution in [0.25, 0.3) is 0 Å². The number of carbonyl (C=O) groups excluding carboxylic acids is 1. The fraction of sp³-hybridized carbons (Fsp3) is 0.133.